The Morgan fingerprint density at radius 2 is 2.11 bits per heavy atom. The van der Waals surface area contributed by atoms with Crippen molar-refractivity contribution in [1.82, 2.24) is 9.88 Å². The molecule has 0 aliphatic heterocycles. The number of hydrogen-bond donors (Lipinski definition) is 1. The molecule has 1 aliphatic carbocycles. The van der Waals surface area contributed by atoms with Crippen LogP contribution in [0.3, 0.4) is 0 Å². The summed E-state index contributed by atoms with van der Waals surface area (Å²) in [5.74, 6) is -0.887. The van der Waals surface area contributed by atoms with Crippen molar-refractivity contribution in [2.45, 2.75) is 25.8 Å². The van der Waals surface area contributed by atoms with E-state index in [2.05, 4.69) is 5.32 Å². The molecule has 2 aromatic rings. The topological polar surface area (TPSA) is 51.1 Å². The third-order valence-electron chi connectivity index (χ3n) is 3.26. The molecule has 1 aromatic carbocycles. The largest absolute Gasteiger partial charge is 0.349 e. The quantitative estimate of drug-likeness (QED) is 0.901. The van der Waals surface area contributed by atoms with Gasteiger partial charge in [-0.15, -0.1) is 0 Å². The smallest absolute Gasteiger partial charge is 0.253 e. The van der Waals surface area contributed by atoms with E-state index in [9.17, 15) is 14.0 Å². The van der Waals surface area contributed by atoms with Crippen molar-refractivity contribution in [3.8, 4) is 0 Å². The van der Waals surface area contributed by atoms with Crippen LogP contribution in [-0.4, -0.2) is 22.4 Å². The normalized spacial score (nSPS) is 14.6. The average molecular weight is 260 g/mol. The van der Waals surface area contributed by atoms with E-state index in [1.807, 2.05) is 0 Å². The number of nitrogens with zero attached hydrogens (tertiary/aromatic N) is 1. The maximum absolute atomic E-state index is 13.3. The Bertz CT molecular complexity index is 686. The molecule has 0 bridgehead atoms. The first-order valence-electron chi connectivity index (χ1n) is 6.18. The molecular formula is C14H13FN2O2. The minimum Gasteiger partial charge on any atom is -0.349 e. The SMILES string of the molecule is CC(=O)n1cc(C(=O)NC2CC2)c2ccc(F)cc21. The number of rotatable bonds is 2. The Morgan fingerprint density at radius 1 is 1.37 bits per heavy atom. The number of nitrogens with one attached hydrogen (secondary N) is 1. The van der Waals surface area contributed by atoms with Crippen LogP contribution >= 0.6 is 0 Å². The molecule has 0 saturated heterocycles. The fourth-order valence-corrected chi connectivity index (χ4v) is 2.13. The van der Waals surface area contributed by atoms with E-state index in [0.29, 0.717) is 16.5 Å². The molecule has 19 heavy (non-hydrogen) atoms. The van der Waals surface area contributed by atoms with E-state index >= 15 is 0 Å². The van der Waals surface area contributed by atoms with Gasteiger partial charge in [-0.3, -0.25) is 14.2 Å². The maximum Gasteiger partial charge on any atom is 0.253 e. The van der Waals surface area contributed by atoms with Gasteiger partial charge in [0.1, 0.15) is 5.82 Å². The highest BCUT2D eigenvalue weighted by atomic mass is 19.1. The summed E-state index contributed by atoms with van der Waals surface area (Å²) in [6.07, 6.45) is 3.46. The lowest BCUT2D eigenvalue weighted by Gasteiger charge is -2.00. The Morgan fingerprint density at radius 3 is 2.74 bits per heavy atom. The third kappa shape index (κ3) is 2.12. The zero-order valence-electron chi connectivity index (χ0n) is 10.4. The van der Waals surface area contributed by atoms with Crippen molar-refractivity contribution in [2.24, 2.45) is 0 Å². The summed E-state index contributed by atoms with van der Waals surface area (Å²) in [7, 11) is 0. The van der Waals surface area contributed by atoms with Gasteiger partial charge in [-0.25, -0.2) is 4.39 Å². The van der Waals surface area contributed by atoms with E-state index in [0.717, 1.165) is 12.8 Å². The summed E-state index contributed by atoms with van der Waals surface area (Å²) in [6, 6.07) is 4.33. The van der Waals surface area contributed by atoms with Crippen LogP contribution in [0.5, 0.6) is 0 Å². The minimum atomic E-state index is -0.428. The molecule has 1 fully saturated rings. The molecule has 1 N–H and O–H groups in total. The van der Waals surface area contributed by atoms with Crippen LogP contribution in [0.25, 0.3) is 10.9 Å². The van der Waals surface area contributed by atoms with Gasteiger partial charge < -0.3 is 5.32 Å². The molecule has 1 aliphatic rings. The van der Waals surface area contributed by atoms with Crippen LogP contribution in [0.1, 0.15) is 34.9 Å². The van der Waals surface area contributed by atoms with Crippen LogP contribution in [-0.2, 0) is 0 Å². The molecule has 3 rings (SSSR count). The summed E-state index contributed by atoms with van der Waals surface area (Å²) in [4.78, 5) is 23.7. The third-order valence-corrected chi connectivity index (χ3v) is 3.26. The molecule has 0 spiro atoms. The minimum absolute atomic E-state index is 0.209. The molecule has 0 atom stereocenters. The summed E-state index contributed by atoms with van der Waals surface area (Å²) < 4.78 is 14.6. The zero-order chi connectivity index (χ0) is 13.6. The Hall–Kier alpha value is -2.17. The highest BCUT2D eigenvalue weighted by Gasteiger charge is 2.25. The van der Waals surface area contributed by atoms with Crippen LogP contribution in [0.4, 0.5) is 4.39 Å². The van der Waals surface area contributed by atoms with Crippen molar-refractivity contribution >= 4 is 22.7 Å². The molecule has 4 nitrogen and oxygen atoms in total. The van der Waals surface area contributed by atoms with Crippen molar-refractivity contribution in [2.75, 3.05) is 0 Å². The van der Waals surface area contributed by atoms with Crippen LogP contribution in [0, 0.1) is 5.82 Å². The number of carbonyl (C=O) groups excluding carboxylic acids is 2. The monoisotopic (exact) mass is 260 g/mol. The van der Waals surface area contributed by atoms with Gasteiger partial charge in [0.2, 0.25) is 5.91 Å². The second kappa shape index (κ2) is 4.19. The number of hydrogen-bond acceptors (Lipinski definition) is 2. The van der Waals surface area contributed by atoms with Gasteiger partial charge in [-0.1, -0.05) is 0 Å². The first-order valence-corrected chi connectivity index (χ1v) is 6.18. The number of fused-ring (bicyclic) bond motifs is 1. The fraction of sp³-hybridized carbons (Fsp3) is 0.286. The summed E-state index contributed by atoms with van der Waals surface area (Å²) in [5.41, 5.74) is 0.838. The summed E-state index contributed by atoms with van der Waals surface area (Å²) in [5, 5.41) is 3.46. The summed E-state index contributed by atoms with van der Waals surface area (Å²) in [6.45, 7) is 1.38. The molecule has 98 valence electrons. The zero-order valence-corrected chi connectivity index (χ0v) is 10.4. The molecule has 0 unspecified atom stereocenters. The van der Waals surface area contributed by atoms with Gasteiger partial charge in [-0.05, 0) is 31.0 Å². The highest BCUT2D eigenvalue weighted by molar-refractivity contribution is 6.09. The van der Waals surface area contributed by atoms with E-state index in [1.165, 1.54) is 35.9 Å². The van der Waals surface area contributed by atoms with Crippen molar-refractivity contribution in [3.63, 3.8) is 0 Å². The molecule has 1 amide bonds. The maximum atomic E-state index is 13.3. The van der Waals surface area contributed by atoms with E-state index < -0.39 is 5.82 Å². The number of halogens is 1. The van der Waals surface area contributed by atoms with Gasteiger partial charge in [-0.2, -0.15) is 0 Å². The van der Waals surface area contributed by atoms with Crippen LogP contribution in [0.2, 0.25) is 0 Å². The number of carbonyl (C=O) groups is 2. The first-order chi connectivity index (χ1) is 9.06. The average Bonchev–Trinajstić information content (AvgIpc) is 3.07. The number of benzene rings is 1. The highest BCUT2D eigenvalue weighted by Crippen LogP contribution is 2.24. The van der Waals surface area contributed by atoms with Gasteiger partial charge in [0.05, 0.1) is 11.1 Å². The molecule has 1 heterocycles. The van der Waals surface area contributed by atoms with E-state index in [1.54, 1.807) is 0 Å². The first kappa shape index (κ1) is 11.9. The molecule has 1 saturated carbocycles. The second-order valence-corrected chi connectivity index (χ2v) is 4.84. The Kier molecular flexibility index (Phi) is 2.62. The Balaban J connectivity index is 2.13. The van der Waals surface area contributed by atoms with Crippen molar-refractivity contribution in [3.05, 3.63) is 35.8 Å². The lowest BCUT2D eigenvalue weighted by atomic mass is 10.1. The standard InChI is InChI=1S/C14H13FN2O2/c1-8(18)17-7-12(14(19)16-10-3-4-10)11-5-2-9(15)6-13(11)17/h2,5-7,10H,3-4H2,1H3,(H,16,19). The molecular weight excluding hydrogens is 247 g/mol. The molecule has 1 aromatic heterocycles. The predicted octanol–water partition coefficient (Wildman–Crippen LogP) is 2.33. The van der Waals surface area contributed by atoms with Gasteiger partial charge in [0, 0.05) is 24.5 Å². The van der Waals surface area contributed by atoms with E-state index in [-0.39, 0.29) is 17.9 Å². The summed E-state index contributed by atoms with van der Waals surface area (Å²) >= 11 is 0. The van der Waals surface area contributed by atoms with Crippen LogP contribution in [0.15, 0.2) is 24.4 Å². The molecule has 5 heteroatoms. The molecule has 0 radical (unpaired) electrons. The van der Waals surface area contributed by atoms with Crippen molar-refractivity contribution in [1.29, 1.82) is 0 Å². The van der Waals surface area contributed by atoms with E-state index in [4.69, 9.17) is 0 Å². The van der Waals surface area contributed by atoms with Crippen molar-refractivity contribution < 1.29 is 14.0 Å². The lowest BCUT2D eigenvalue weighted by molar-refractivity contribution is 0.0941. The number of aromatic nitrogens is 1. The fourth-order valence-electron chi connectivity index (χ4n) is 2.13. The van der Waals surface area contributed by atoms with Crippen LogP contribution < -0.4 is 5.32 Å². The second-order valence-electron chi connectivity index (χ2n) is 4.84. The van der Waals surface area contributed by atoms with Gasteiger partial charge >= 0.3 is 0 Å². The van der Waals surface area contributed by atoms with Gasteiger partial charge in [0.15, 0.2) is 0 Å². The number of amides is 1. The Labute approximate surface area is 109 Å². The lowest BCUT2D eigenvalue weighted by Crippen LogP contribution is -2.25. The predicted molar refractivity (Wildman–Crippen MR) is 68.7 cm³/mol. The van der Waals surface area contributed by atoms with Gasteiger partial charge in [0.25, 0.3) is 5.91 Å².